The van der Waals surface area contributed by atoms with Crippen molar-refractivity contribution in [1.29, 1.82) is 0 Å². The van der Waals surface area contributed by atoms with Gasteiger partial charge < -0.3 is 13.8 Å². The van der Waals surface area contributed by atoms with Crippen molar-refractivity contribution in [2.75, 3.05) is 0 Å². The van der Waals surface area contributed by atoms with E-state index in [0.29, 0.717) is 16.3 Å². The predicted molar refractivity (Wildman–Crippen MR) is 134 cm³/mol. The van der Waals surface area contributed by atoms with Crippen molar-refractivity contribution in [2.24, 2.45) is 0 Å². The Morgan fingerprint density at radius 1 is 0.667 bits per heavy atom. The van der Waals surface area contributed by atoms with E-state index in [1.54, 1.807) is 60.7 Å². The zero-order valence-electron chi connectivity index (χ0n) is 18.3. The lowest BCUT2D eigenvalue weighted by Gasteiger charge is -2.12. The Morgan fingerprint density at radius 2 is 1.31 bits per heavy atom. The molecule has 9 heteroatoms. The molecule has 0 bridgehead atoms. The highest BCUT2D eigenvalue weighted by Gasteiger charge is 2.33. The monoisotopic (exact) mass is 497 g/mol. The Labute approximate surface area is 202 Å². The van der Waals surface area contributed by atoms with Crippen LogP contribution in [0.3, 0.4) is 0 Å². The highest BCUT2D eigenvalue weighted by molar-refractivity contribution is 7.91. The standard InChI is InChI=1S/C27H15NO7S/c29-25-18(13-15-7-1-4-10-19(15)28-25)23-17-9-3-6-12-21(17)35-27(31)24(23)36(32,33)22-14-16-8-2-5-11-20(16)34-26(22)30/h1-14H,(H,28,29). The Kier molecular flexibility index (Phi) is 4.77. The maximum Gasteiger partial charge on any atom is 0.356 e. The molecule has 3 aromatic carbocycles. The fraction of sp³-hybridized carbons (Fsp3) is 0. The molecule has 0 aliphatic carbocycles. The van der Waals surface area contributed by atoms with Crippen LogP contribution in [0.2, 0.25) is 0 Å². The Balaban J connectivity index is 1.77. The van der Waals surface area contributed by atoms with Crippen molar-refractivity contribution in [3.05, 3.63) is 116 Å². The van der Waals surface area contributed by atoms with Gasteiger partial charge in [-0.2, -0.15) is 0 Å². The predicted octanol–water partition coefficient (Wildman–Crippen LogP) is 4.24. The molecule has 0 radical (unpaired) electrons. The summed E-state index contributed by atoms with van der Waals surface area (Å²) in [6.45, 7) is 0. The molecular formula is C27H15NO7S. The van der Waals surface area contributed by atoms with Gasteiger partial charge >= 0.3 is 11.3 Å². The van der Waals surface area contributed by atoms with E-state index in [1.807, 2.05) is 0 Å². The lowest BCUT2D eigenvalue weighted by Crippen LogP contribution is -2.23. The fourth-order valence-electron chi connectivity index (χ4n) is 4.32. The molecule has 0 saturated heterocycles. The van der Waals surface area contributed by atoms with Crippen molar-refractivity contribution < 1.29 is 17.3 Å². The number of para-hydroxylation sites is 3. The van der Waals surface area contributed by atoms with Crippen LogP contribution in [0.4, 0.5) is 0 Å². The van der Waals surface area contributed by atoms with Gasteiger partial charge in [0.05, 0.1) is 0 Å². The molecule has 3 aromatic heterocycles. The number of aromatic amines is 1. The van der Waals surface area contributed by atoms with Crippen LogP contribution < -0.4 is 16.8 Å². The van der Waals surface area contributed by atoms with E-state index in [1.165, 1.54) is 18.2 Å². The van der Waals surface area contributed by atoms with Crippen LogP contribution in [0.1, 0.15) is 0 Å². The zero-order chi connectivity index (χ0) is 25.0. The number of nitrogens with one attached hydrogen (secondary N) is 1. The van der Waals surface area contributed by atoms with Gasteiger partial charge in [0, 0.05) is 27.4 Å². The average molecular weight is 497 g/mol. The highest BCUT2D eigenvalue weighted by Crippen LogP contribution is 2.34. The van der Waals surface area contributed by atoms with Crippen molar-refractivity contribution in [1.82, 2.24) is 4.98 Å². The lowest BCUT2D eigenvalue weighted by atomic mass is 10.0. The summed E-state index contributed by atoms with van der Waals surface area (Å²) in [5.41, 5.74) is -2.33. The van der Waals surface area contributed by atoms with E-state index in [-0.39, 0.29) is 27.7 Å². The molecule has 0 spiro atoms. The molecule has 0 fully saturated rings. The van der Waals surface area contributed by atoms with E-state index in [2.05, 4.69) is 4.98 Å². The maximum atomic E-state index is 13.9. The molecule has 3 heterocycles. The van der Waals surface area contributed by atoms with E-state index >= 15 is 0 Å². The molecule has 1 N–H and O–H groups in total. The van der Waals surface area contributed by atoms with Gasteiger partial charge in [0.15, 0.2) is 9.79 Å². The molecule has 0 atom stereocenters. The van der Waals surface area contributed by atoms with Crippen molar-refractivity contribution in [3.63, 3.8) is 0 Å². The van der Waals surface area contributed by atoms with Gasteiger partial charge in [-0.15, -0.1) is 0 Å². The topological polar surface area (TPSA) is 127 Å². The summed E-state index contributed by atoms with van der Waals surface area (Å²) >= 11 is 0. The Hall–Kier alpha value is -4.76. The van der Waals surface area contributed by atoms with Crippen LogP contribution >= 0.6 is 0 Å². The number of benzene rings is 3. The van der Waals surface area contributed by atoms with Crippen LogP contribution in [-0.4, -0.2) is 13.4 Å². The van der Waals surface area contributed by atoms with E-state index in [9.17, 15) is 22.8 Å². The van der Waals surface area contributed by atoms with Gasteiger partial charge in [0.1, 0.15) is 11.2 Å². The molecule has 36 heavy (non-hydrogen) atoms. The minimum absolute atomic E-state index is 0.0541. The van der Waals surface area contributed by atoms with E-state index in [0.717, 1.165) is 6.07 Å². The number of H-pyrrole nitrogens is 1. The van der Waals surface area contributed by atoms with Crippen LogP contribution in [0, 0.1) is 0 Å². The third-order valence-corrected chi connectivity index (χ3v) is 7.73. The quantitative estimate of drug-likeness (QED) is 0.362. The summed E-state index contributed by atoms with van der Waals surface area (Å²) in [5.74, 6) is 0. The van der Waals surface area contributed by atoms with Crippen LogP contribution in [0.15, 0.2) is 118 Å². The molecule has 6 rings (SSSR count). The number of rotatable bonds is 3. The maximum absolute atomic E-state index is 13.9. The first-order chi connectivity index (χ1) is 17.3. The summed E-state index contributed by atoms with van der Waals surface area (Å²) in [6, 6.07) is 22.3. The largest absolute Gasteiger partial charge is 0.422 e. The Morgan fingerprint density at radius 3 is 2.11 bits per heavy atom. The number of pyridine rings is 1. The number of aromatic nitrogens is 1. The fourth-order valence-corrected chi connectivity index (χ4v) is 5.83. The van der Waals surface area contributed by atoms with Gasteiger partial charge in [-0.25, -0.2) is 18.0 Å². The summed E-state index contributed by atoms with van der Waals surface area (Å²) < 4.78 is 38.4. The first-order valence-corrected chi connectivity index (χ1v) is 12.3. The van der Waals surface area contributed by atoms with Gasteiger partial charge in [-0.1, -0.05) is 54.6 Å². The van der Waals surface area contributed by atoms with Crippen LogP contribution in [0.5, 0.6) is 0 Å². The molecule has 0 aliphatic heterocycles. The second-order valence-electron chi connectivity index (χ2n) is 8.13. The Bertz CT molecular complexity index is 2140. The van der Waals surface area contributed by atoms with Crippen LogP contribution in [-0.2, 0) is 9.84 Å². The average Bonchev–Trinajstić information content (AvgIpc) is 2.87. The van der Waals surface area contributed by atoms with Gasteiger partial charge in [0.2, 0.25) is 9.84 Å². The summed E-state index contributed by atoms with van der Waals surface area (Å²) in [4.78, 5) is 40.3. The normalized spacial score (nSPS) is 11.9. The van der Waals surface area contributed by atoms with Crippen molar-refractivity contribution in [2.45, 2.75) is 9.79 Å². The second-order valence-corrected chi connectivity index (χ2v) is 9.98. The minimum Gasteiger partial charge on any atom is -0.422 e. The molecular weight excluding hydrogens is 482 g/mol. The third-order valence-electron chi connectivity index (χ3n) is 5.96. The van der Waals surface area contributed by atoms with Crippen molar-refractivity contribution in [3.8, 4) is 11.1 Å². The van der Waals surface area contributed by atoms with E-state index < -0.39 is 36.4 Å². The summed E-state index contributed by atoms with van der Waals surface area (Å²) in [5, 5.41) is 1.20. The number of fused-ring (bicyclic) bond motifs is 3. The molecule has 8 nitrogen and oxygen atoms in total. The minimum atomic E-state index is -4.80. The van der Waals surface area contributed by atoms with E-state index in [4.69, 9.17) is 8.83 Å². The van der Waals surface area contributed by atoms with Crippen LogP contribution in [0.25, 0.3) is 44.0 Å². The summed E-state index contributed by atoms with van der Waals surface area (Å²) in [7, 11) is -4.80. The second kappa shape index (κ2) is 7.89. The lowest BCUT2D eigenvalue weighted by molar-refractivity contribution is 0.522. The van der Waals surface area contributed by atoms with Gasteiger partial charge in [-0.05, 0) is 35.7 Å². The zero-order valence-corrected chi connectivity index (χ0v) is 19.2. The first-order valence-electron chi connectivity index (χ1n) is 10.8. The number of hydrogen-bond donors (Lipinski definition) is 1. The number of hydrogen-bond acceptors (Lipinski definition) is 7. The first kappa shape index (κ1) is 21.8. The molecule has 0 amide bonds. The molecule has 0 saturated carbocycles. The summed E-state index contributed by atoms with van der Waals surface area (Å²) in [6.07, 6.45) is 0. The number of sulfone groups is 1. The molecule has 0 aliphatic rings. The molecule has 0 unspecified atom stereocenters. The third kappa shape index (κ3) is 3.29. The molecule has 176 valence electrons. The highest BCUT2D eigenvalue weighted by atomic mass is 32.2. The van der Waals surface area contributed by atoms with Gasteiger partial charge in [0.25, 0.3) is 5.56 Å². The SMILES string of the molecule is O=c1[nH]c2ccccc2cc1-c1c(S(=O)(=O)c2cc3ccccc3oc2=O)c(=O)oc2ccccc12. The van der Waals surface area contributed by atoms with Crippen molar-refractivity contribution >= 4 is 42.7 Å². The smallest absolute Gasteiger partial charge is 0.356 e. The van der Waals surface area contributed by atoms with Gasteiger partial charge in [-0.3, -0.25) is 4.79 Å². The molecule has 6 aromatic rings.